The third-order valence-electron chi connectivity index (χ3n) is 3.54. The first-order chi connectivity index (χ1) is 12.6. The fraction of sp³-hybridized carbons (Fsp3) is 0.294. The summed E-state index contributed by atoms with van der Waals surface area (Å²) in [4.78, 5) is 16.8. The highest BCUT2D eigenvalue weighted by atomic mass is 32.1. The first-order valence-electron chi connectivity index (χ1n) is 7.92. The number of nitrogens with zero attached hydrogens (tertiary/aromatic N) is 3. The number of benzene rings is 1. The minimum absolute atomic E-state index is 0.168. The molecule has 3 rings (SSSR count). The van der Waals surface area contributed by atoms with Gasteiger partial charge in [0, 0.05) is 5.38 Å². The molecule has 7 nitrogen and oxygen atoms in total. The molecule has 1 amide bonds. The molecule has 1 aromatic carbocycles. The molecule has 3 aromatic rings. The maximum atomic E-state index is 12.2. The lowest BCUT2D eigenvalue weighted by molar-refractivity contribution is -0.115. The summed E-state index contributed by atoms with van der Waals surface area (Å²) >= 11 is 2.84. The number of amides is 1. The molecule has 0 radical (unpaired) electrons. The highest BCUT2D eigenvalue weighted by Gasteiger charge is 2.16. The van der Waals surface area contributed by atoms with Crippen molar-refractivity contribution < 1.29 is 14.3 Å². The van der Waals surface area contributed by atoms with E-state index in [2.05, 4.69) is 20.5 Å². The van der Waals surface area contributed by atoms with Crippen molar-refractivity contribution in [2.45, 2.75) is 19.8 Å². The lowest BCUT2D eigenvalue weighted by Gasteiger charge is -2.10. The molecule has 0 fully saturated rings. The van der Waals surface area contributed by atoms with Crippen LogP contribution in [0.3, 0.4) is 0 Å². The number of thiazole rings is 1. The molecule has 0 aliphatic carbocycles. The Morgan fingerprint density at radius 1 is 1.23 bits per heavy atom. The number of nitrogens with one attached hydrogen (secondary N) is 1. The van der Waals surface area contributed by atoms with Gasteiger partial charge in [-0.15, -0.1) is 21.5 Å². The normalized spacial score (nSPS) is 10.6. The van der Waals surface area contributed by atoms with E-state index in [4.69, 9.17) is 9.47 Å². The predicted molar refractivity (Wildman–Crippen MR) is 102 cm³/mol. The molecule has 26 heavy (non-hydrogen) atoms. The van der Waals surface area contributed by atoms with Crippen LogP contribution < -0.4 is 14.8 Å². The number of aromatic nitrogens is 3. The van der Waals surface area contributed by atoms with E-state index < -0.39 is 0 Å². The second-order valence-corrected chi connectivity index (χ2v) is 7.18. The first kappa shape index (κ1) is 18.3. The number of para-hydroxylation sites is 1. The number of rotatable bonds is 7. The summed E-state index contributed by atoms with van der Waals surface area (Å²) < 4.78 is 10.8. The summed E-state index contributed by atoms with van der Waals surface area (Å²) in [6.07, 6.45) is 0.967. The first-order valence-corrected chi connectivity index (χ1v) is 9.62. The van der Waals surface area contributed by atoms with Gasteiger partial charge in [-0.3, -0.25) is 4.79 Å². The number of hydrogen-bond donors (Lipinski definition) is 1. The van der Waals surface area contributed by atoms with Crippen molar-refractivity contribution in [1.29, 1.82) is 0 Å². The maximum Gasteiger partial charge on any atom is 0.232 e. The van der Waals surface area contributed by atoms with E-state index in [0.29, 0.717) is 22.3 Å². The molecule has 1 N–H and O–H groups in total. The zero-order valence-corrected chi connectivity index (χ0v) is 16.2. The number of ether oxygens (including phenoxy) is 2. The summed E-state index contributed by atoms with van der Waals surface area (Å²) in [6.45, 7) is 2.00. The summed E-state index contributed by atoms with van der Waals surface area (Å²) in [5.41, 5.74) is 1.52. The van der Waals surface area contributed by atoms with E-state index in [1.165, 1.54) is 22.7 Å². The van der Waals surface area contributed by atoms with Crippen LogP contribution in [0.2, 0.25) is 0 Å². The number of anilines is 1. The maximum absolute atomic E-state index is 12.2. The lowest BCUT2D eigenvalue weighted by atomic mass is 10.2. The fourth-order valence-electron chi connectivity index (χ4n) is 2.34. The molecule has 0 spiro atoms. The zero-order valence-electron chi connectivity index (χ0n) is 14.6. The zero-order chi connectivity index (χ0) is 18.5. The Morgan fingerprint density at radius 2 is 2.08 bits per heavy atom. The Balaban J connectivity index is 1.73. The third-order valence-corrected chi connectivity index (χ3v) is 5.45. The van der Waals surface area contributed by atoms with Crippen LogP contribution in [-0.2, 0) is 17.6 Å². The standard InChI is InChI=1S/C17H18N4O3S2/c1-4-14-20-21-17(26-14)19-13(22)8-10-9-25-16(18-10)11-6-5-7-12(23-2)15(11)24-3/h5-7,9H,4,8H2,1-3H3,(H,19,21,22). The van der Waals surface area contributed by atoms with Gasteiger partial charge in [0.1, 0.15) is 10.0 Å². The highest BCUT2D eigenvalue weighted by molar-refractivity contribution is 7.15. The van der Waals surface area contributed by atoms with E-state index >= 15 is 0 Å². The van der Waals surface area contributed by atoms with Crippen LogP contribution >= 0.6 is 22.7 Å². The SMILES string of the molecule is CCc1nnc(NC(=O)Cc2csc(-c3cccc(OC)c3OC)n2)s1. The third kappa shape index (κ3) is 4.00. The molecule has 0 atom stereocenters. The van der Waals surface area contributed by atoms with Crippen molar-refractivity contribution in [3.8, 4) is 22.1 Å². The van der Waals surface area contributed by atoms with Gasteiger partial charge in [0.2, 0.25) is 11.0 Å². The van der Waals surface area contributed by atoms with E-state index in [0.717, 1.165) is 22.0 Å². The molecule has 2 heterocycles. The van der Waals surface area contributed by atoms with Crippen molar-refractivity contribution in [2.24, 2.45) is 0 Å². The summed E-state index contributed by atoms with van der Waals surface area (Å²) in [6, 6.07) is 5.62. The van der Waals surface area contributed by atoms with Gasteiger partial charge in [-0.25, -0.2) is 4.98 Å². The summed E-state index contributed by atoms with van der Waals surface area (Å²) in [7, 11) is 3.19. The smallest absolute Gasteiger partial charge is 0.232 e. The van der Waals surface area contributed by atoms with Crippen LogP contribution in [0.4, 0.5) is 5.13 Å². The van der Waals surface area contributed by atoms with Crippen LogP contribution in [0.15, 0.2) is 23.6 Å². The Hall–Kier alpha value is -2.52. The predicted octanol–water partition coefficient (Wildman–Crippen LogP) is 3.42. The van der Waals surface area contributed by atoms with Crippen LogP contribution in [0.1, 0.15) is 17.6 Å². The molecular formula is C17H18N4O3S2. The molecule has 0 aliphatic rings. The van der Waals surface area contributed by atoms with Crippen molar-refractivity contribution in [3.05, 3.63) is 34.3 Å². The van der Waals surface area contributed by atoms with Crippen LogP contribution in [0.5, 0.6) is 11.5 Å². The molecule has 0 bridgehead atoms. The molecule has 9 heteroatoms. The van der Waals surface area contributed by atoms with Gasteiger partial charge < -0.3 is 14.8 Å². The lowest BCUT2D eigenvalue weighted by Crippen LogP contribution is -2.14. The van der Waals surface area contributed by atoms with Crippen LogP contribution in [0.25, 0.3) is 10.6 Å². The van der Waals surface area contributed by atoms with E-state index in [1.807, 2.05) is 30.5 Å². The molecule has 0 unspecified atom stereocenters. The second kappa shape index (κ2) is 8.24. The minimum Gasteiger partial charge on any atom is -0.493 e. The van der Waals surface area contributed by atoms with E-state index in [9.17, 15) is 4.79 Å². The van der Waals surface area contributed by atoms with E-state index in [1.54, 1.807) is 14.2 Å². The molecule has 0 aliphatic heterocycles. The molecule has 2 aromatic heterocycles. The van der Waals surface area contributed by atoms with Crippen molar-refractivity contribution in [3.63, 3.8) is 0 Å². The van der Waals surface area contributed by atoms with Gasteiger partial charge in [0.25, 0.3) is 0 Å². The summed E-state index contributed by atoms with van der Waals surface area (Å²) in [5.74, 6) is 1.10. The average Bonchev–Trinajstić information content (AvgIpc) is 3.30. The number of carbonyl (C=O) groups is 1. The topological polar surface area (TPSA) is 86.2 Å². The van der Waals surface area contributed by atoms with Gasteiger partial charge in [0.15, 0.2) is 11.5 Å². The molecule has 0 saturated carbocycles. The summed E-state index contributed by atoms with van der Waals surface area (Å²) in [5, 5.41) is 14.7. The number of carbonyl (C=O) groups excluding carboxylic acids is 1. The van der Waals surface area contributed by atoms with Crippen molar-refractivity contribution >= 4 is 33.7 Å². The van der Waals surface area contributed by atoms with Crippen LogP contribution in [0, 0.1) is 0 Å². The average molecular weight is 390 g/mol. The molecule has 0 saturated heterocycles. The monoisotopic (exact) mass is 390 g/mol. The van der Waals surface area contributed by atoms with Crippen molar-refractivity contribution in [2.75, 3.05) is 19.5 Å². The van der Waals surface area contributed by atoms with Gasteiger partial charge in [-0.05, 0) is 18.6 Å². The Labute approximate surface area is 159 Å². The highest BCUT2D eigenvalue weighted by Crippen LogP contribution is 2.39. The number of methoxy groups -OCH3 is 2. The Morgan fingerprint density at radius 3 is 2.77 bits per heavy atom. The fourth-order valence-corrected chi connectivity index (χ4v) is 3.88. The van der Waals surface area contributed by atoms with Crippen LogP contribution in [-0.4, -0.2) is 35.3 Å². The van der Waals surface area contributed by atoms with Gasteiger partial charge in [0.05, 0.1) is 31.9 Å². The second-order valence-electron chi connectivity index (χ2n) is 5.26. The van der Waals surface area contributed by atoms with Gasteiger partial charge >= 0.3 is 0 Å². The minimum atomic E-state index is -0.168. The van der Waals surface area contributed by atoms with Crippen molar-refractivity contribution in [1.82, 2.24) is 15.2 Å². The Kier molecular flexibility index (Phi) is 5.79. The molecule has 136 valence electrons. The number of hydrogen-bond acceptors (Lipinski definition) is 8. The number of aryl methyl sites for hydroxylation is 1. The van der Waals surface area contributed by atoms with Gasteiger partial charge in [-0.2, -0.15) is 0 Å². The van der Waals surface area contributed by atoms with E-state index in [-0.39, 0.29) is 12.3 Å². The van der Waals surface area contributed by atoms with Gasteiger partial charge in [-0.1, -0.05) is 24.3 Å². The Bertz CT molecular complexity index is 907. The molecular weight excluding hydrogens is 372 g/mol. The largest absolute Gasteiger partial charge is 0.493 e. The quantitative estimate of drug-likeness (QED) is 0.665.